The van der Waals surface area contributed by atoms with Crippen molar-refractivity contribution in [2.45, 2.75) is 20.4 Å². The van der Waals surface area contributed by atoms with Crippen LogP contribution in [0.1, 0.15) is 29.8 Å². The van der Waals surface area contributed by atoms with E-state index in [0.717, 1.165) is 18.7 Å². The minimum absolute atomic E-state index is 0.0000772. The Hall–Kier alpha value is -3.26. The molecule has 2 aromatic carbocycles. The Labute approximate surface area is 195 Å². The largest absolute Gasteiger partial charge is 0.493 e. The van der Waals surface area contributed by atoms with Gasteiger partial charge in [-0.1, -0.05) is 19.9 Å². The molecule has 1 aliphatic heterocycles. The van der Waals surface area contributed by atoms with E-state index in [9.17, 15) is 9.59 Å². The zero-order valence-electron chi connectivity index (χ0n) is 20.0. The van der Waals surface area contributed by atoms with E-state index in [1.54, 1.807) is 45.6 Å². The Bertz CT molecular complexity index is 967. The normalized spacial score (nSPS) is 14.2. The summed E-state index contributed by atoms with van der Waals surface area (Å²) in [5, 5.41) is 2.84. The summed E-state index contributed by atoms with van der Waals surface area (Å²) in [5.74, 6) is 1.74. The lowest BCUT2D eigenvalue weighted by Crippen LogP contribution is -2.48. The first-order valence-electron chi connectivity index (χ1n) is 11.1. The predicted molar refractivity (Wildman–Crippen MR) is 127 cm³/mol. The Balaban J connectivity index is 1.59. The van der Waals surface area contributed by atoms with Gasteiger partial charge in [-0.15, -0.1) is 0 Å². The fourth-order valence-corrected chi connectivity index (χ4v) is 3.80. The summed E-state index contributed by atoms with van der Waals surface area (Å²) < 4.78 is 16.4. The van der Waals surface area contributed by atoms with Crippen molar-refractivity contribution >= 4 is 17.5 Å². The van der Waals surface area contributed by atoms with Gasteiger partial charge in [-0.05, 0) is 30.3 Å². The molecule has 1 fully saturated rings. The number of amides is 2. The summed E-state index contributed by atoms with van der Waals surface area (Å²) in [5.41, 5.74) is 2.32. The van der Waals surface area contributed by atoms with E-state index in [2.05, 4.69) is 10.2 Å². The summed E-state index contributed by atoms with van der Waals surface area (Å²) in [4.78, 5) is 28.9. The topological polar surface area (TPSA) is 80.3 Å². The zero-order valence-corrected chi connectivity index (χ0v) is 20.0. The van der Waals surface area contributed by atoms with Crippen molar-refractivity contribution in [3.63, 3.8) is 0 Å². The van der Waals surface area contributed by atoms with Gasteiger partial charge in [-0.3, -0.25) is 14.5 Å². The van der Waals surface area contributed by atoms with Crippen LogP contribution in [0.15, 0.2) is 36.4 Å². The van der Waals surface area contributed by atoms with Crippen LogP contribution in [-0.2, 0) is 11.3 Å². The number of nitrogens with zero attached hydrogens (tertiary/aromatic N) is 2. The summed E-state index contributed by atoms with van der Waals surface area (Å²) >= 11 is 0. The quantitative estimate of drug-likeness (QED) is 0.658. The molecule has 0 radical (unpaired) electrons. The first-order chi connectivity index (χ1) is 15.9. The number of piperazine rings is 1. The first-order valence-corrected chi connectivity index (χ1v) is 11.1. The van der Waals surface area contributed by atoms with E-state index in [0.29, 0.717) is 48.1 Å². The molecule has 1 heterocycles. The van der Waals surface area contributed by atoms with E-state index in [1.165, 1.54) is 0 Å². The van der Waals surface area contributed by atoms with Gasteiger partial charge in [0.05, 0.1) is 21.3 Å². The van der Waals surface area contributed by atoms with Crippen molar-refractivity contribution in [1.29, 1.82) is 0 Å². The standard InChI is InChI=1S/C25H33N3O5/c1-17(2)24(29)26-20-9-6-18(7-10-20)25(30)28-14-12-27(13-15-28)16-19-8-11-21(31-3)23(33-5)22(19)32-4/h6-11,17H,12-16H2,1-5H3,(H,26,29). The number of nitrogens with one attached hydrogen (secondary N) is 1. The van der Waals surface area contributed by atoms with Crippen LogP contribution >= 0.6 is 0 Å². The number of hydrogen-bond donors (Lipinski definition) is 1. The second-order valence-electron chi connectivity index (χ2n) is 8.28. The highest BCUT2D eigenvalue weighted by atomic mass is 16.5. The number of ether oxygens (including phenoxy) is 3. The van der Waals surface area contributed by atoms with Crippen LogP contribution < -0.4 is 19.5 Å². The number of anilines is 1. The highest BCUT2D eigenvalue weighted by Crippen LogP contribution is 2.40. The predicted octanol–water partition coefficient (Wildman–Crippen LogP) is 3.26. The number of benzene rings is 2. The van der Waals surface area contributed by atoms with Gasteiger partial charge in [0.2, 0.25) is 11.7 Å². The van der Waals surface area contributed by atoms with Gasteiger partial charge in [0.25, 0.3) is 5.91 Å². The molecule has 0 saturated carbocycles. The molecule has 3 rings (SSSR count). The van der Waals surface area contributed by atoms with Crippen molar-refractivity contribution < 1.29 is 23.8 Å². The lowest BCUT2D eigenvalue weighted by atomic mass is 10.1. The lowest BCUT2D eigenvalue weighted by Gasteiger charge is -2.35. The second-order valence-corrected chi connectivity index (χ2v) is 8.28. The van der Waals surface area contributed by atoms with Crippen LogP contribution in [0, 0.1) is 5.92 Å². The van der Waals surface area contributed by atoms with Gasteiger partial charge in [0.15, 0.2) is 11.5 Å². The number of hydrogen-bond acceptors (Lipinski definition) is 6. The fraction of sp³-hybridized carbons (Fsp3) is 0.440. The Kier molecular flexibility index (Phi) is 8.16. The highest BCUT2D eigenvalue weighted by Gasteiger charge is 2.24. The molecule has 1 saturated heterocycles. The summed E-state index contributed by atoms with van der Waals surface area (Å²) in [6, 6.07) is 10.9. The van der Waals surface area contributed by atoms with Crippen LogP contribution in [0.2, 0.25) is 0 Å². The molecule has 1 aliphatic rings. The van der Waals surface area contributed by atoms with Gasteiger partial charge < -0.3 is 24.4 Å². The van der Waals surface area contributed by atoms with Gasteiger partial charge >= 0.3 is 0 Å². The van der Waals surface area contributed by atoms with Crippen LogP contribution in [0.4, 0.5) is 5.69 Å². The monoisotopic (exact) mass is 455 g/mol. The number of carbonyl (C=O) groups excluding carboxylic acids is 2. The molecule has 33 heavy (non-hydrogen) atoms. The zero-order chi connectivity index (χ0) is 24.0. The van der Waals surface area contributed by atoms with E-state index in [1.807, 2.05) is 30.9 Å². The summed E-state index contributed by atoms with van der Waals surface area (Å²) in [7, 11) is 4.82. The molecule has 0 aliphatic carbocycles. The number of methoxy groups -OCH3 is 3. The third-order valence-corrected chi connectivity index (χ3v) is 5.76. The van der Waals surface area contributed by atoms with Gasteiger partial charge in [0, 0.05) is 55.5 Å². The van der Waals surface area contributed by atoms with Crippen molar-refractivity contribution in [3.8, 4) is 17.2 Å². The minimum Gasteiger partial charge on any atom is -0.493 e. The van der Waals surface area contributed by atoms with E-state index < -0.39 is 0 Å². The third kappa shape index (κ3) is 5.76. The molecule has 2 aromatic rings. The molecule has 0 unspecified atom stereocenters. The molecule has 8 heteroatoms. The average molecular weight is 456 g/mol. The number of carbonyl (C=O) groups is 2. The summed E-state index contributed by atoms with van der Waals surface area (Å²) in [6.07, 6.45) is 0. The van der Waals surface area contributed by atoms with E-state index in [4.69, 9.17) is 14.2 Å². The van der Waals surface area contributed by atoms with Gasteiger partial charge in [-0.25, -0.2) is 0 Å². The molecule has 0 spiro atoms. The fourth-order valence-electron chi connectivity index (χ4n) is 3.80. The Morgan fingerprint density at radius 1 is 0.879 bits per heavy atom. The number of rotatable bonds is 8. The van der Waals surface area contributed by atoms with Crippen molar-refractivity contribution in [2.24, 2.45) is 5.92 Å². The molecule has 178 valence electrons. The third-order valence-electron chi connectivity index (χ3n) is 5.76. The smallest absolute Gasteiger partial charge is 0.253 e. The Morgan fingerprint density at radius 2 is 1.52 bits per heavy atom. The van der Waals surface area contributed by atoms with E-state index >= 15 is 0 Å². The second kappa shape index (κ2) is 11.0. The van der Waals surface area contributed by atoms with Crippen molar-refractivity contribution in [2.75, 3.05) is 52.8 Å². The molecule has 0 aromatic heterocycles. The molecule has 0 bridgehead atoms. The maximum atomic E-state index is 12.9. The molecular formula is C25H33N3O5. The van der Waals surface area contributed by atoms with Gasteiger partial charge in [-0.2, -0.15) is 0 Å². The maximum absolute atomic E-state index is 12.9. The molecular weight excluding hydrogens is 422 g/mol. The molecule has 2 amide bonds. The Morgan fingerprint density at radius 3 is 2.06 bits per heavy atom. The van der Waals surface area contributed by atoms with Crippen LogP contribution in [0.25, 0.3) is 0 Å². The van der Waals surface area contributed by atoms with Crippen molar-refractivity contribution in [1.82, 2.24) is 9.80 Å². The highest BCUT2D eigenvalue weighted by molar-refractivity contribution is 5.96. The van der Waals surface area contributed by atoms with Gasteiger partial charge in [0.1, 0.15) is 0 Å². The SMILES string of the molecule is COc1ccc(CN2CCN(C(=O)c3ccc(NC(=O)C(C)C)cc3)CC2)c(OC)c1OC. The van der Waals surface area contributed by atoms with Crippen LogP contribution in [0.3, 0.4) is 0 Å². The first kappa shape index (κ1) is 24.4. The lowest BCUT2D eigenvalue weighted by molar-refractivity contribution is -0.118. The molecule has 8 nitrogen and oxygen atoms in total. The molecule has 1 N–H and O–H groups in total. The maximum Gasteiger partial charge on any atom is 0.253 e. The average Bonchev–Trinajstić information content (AvgIpc) is 2.84. The van der Waals surface area contributed by atoms with E-state index in [-0.39, 0.29) is 17.7 Å². The van der Waals surface area contributed by atoms with Crippen LogP contribution in [-0.4, -0.2) is 69.1 Å². The minimum atomic E-state index is -0.0958. The molecule has 0 atom stereocenters. The van der Waals surface area contributed by atoms with Crippen molar-refractivity contribution in [3.05, 3.63) is 47.5 Å². The van der Waals surface area contributed by atoms with Crippen LogP contribution in [0.5, 0.6) is 17.2 Å². The summed E-state index contributed by atoms with van der Waals surface area (Å²) in [6.45, 7) is 7.16.